The number of hydrogen-bond acceptors (Lipinski definition) is 4. The van der Waals surface area contributed by atoms with Crippen molar-refractivity contribution >= 4 is 40.6 Å². The fourth-order valence-corrected chi connectivity index (χ4v) is 5.93. The minimum atomic E-state index is -0.623. The summed E-state index contributed by atoms with van der Waals surface area (Å²) in [5.74, 6) is 0.230. The molecular weight excluding hydrogens is 438 g/mol. The van der Waals surface area contributed by atoms with E-state index in [0.717, 1.165) is 25.2 Å². The van der Waals surface area contributed by atoms with E-state index in [1.165, 1.54) is 17.3 Å². The zero-order chi connectivity index (χ0) is 14.8. The second-order valence-electron chi connectivity index (χ2n) is 5.14. The zero-order valence-corrected chi connectivity index (χ0v) is 15.9. The third kappa shape index (κ3) is 3.66. The van der Waals surface area contributed by atoms with Crippen LogP contribution in [0.15, 0.2) is 4.60 Å². The number of halogens is 1. The Morgan fingerprint density at radius 1 is 1.45 bits per heavy atom. The van der Waals surface area contributed by atoms with Crippen LogP contribution in [-0.4, -0.2) is 36.8 Å². The van der Waals surface area contributed by atoms with Crippen molar-refractivity contribution < 1.29 is 14.6 Å². The van der Waals surface area contributed by atoms with Crippen LogP contribution >= 0.6 is 15.9 Å². The fourth-order valence-electron chi connectivity index (χ4n) is 1.95. The Bertz CT molecular complexity index is 494. The van der Waals surface area contributed by atoms with Gasteiger partial charge in [0.05, 0.1) is 0 Å². The number of ether oxygens (including phenoxy) is 2. The Morgan fingerprint density at radius 3 is 2.85 bits per heavy atom. The average molecular weight is 458 g/mol. The van der Waals surface area contributed by atoms with E-state index in [4.69, 9.17) is 9.47 Å². The number of nitrogens with zero attached hydrogens (tertiary/aromatic N) is 1. The molecule has 1 aromatic rings. The van der Waals surface area contributed by atoms with Crippen molar-refractivity contribution in [3.63, 3.8) is 0 Å². The summed E-state index contributed by atoms with van der Waals surface area (Å²) in [5.41, 5.74) is 1.73. The van der Waals surface area contributed by atoms with Gasteiger partial charge in [-0.2, -0.15) is 0 Å². The van der Waals surface area contributed by atoms with E-state index in [1.54, 1.807) is 0 Å². The Morgan fingerprint density at radius 2 is 2.20 bits per heavy atom. The molecule has 2 heterocycles. The molecule has 0 aliphatic carbocycles. The maximum absolute atomic E-state index is 9.54. The van der Waals surface area contributed by atoms with E-state index < -0.39 is 5.79 Å². The molecule has 1 aromatic heterocycles. The van der Waals surface area contributed by atoms with E-state index >= 15 is 0 Å². The number of fused-ring (bicyclic) bond motifs is 1. The molecule has 1 aliphatic rings. The number of rotatable bonds is 5. The molecule has 2 rings (SSSR count). The SMILES string of the molecule is CCCC[Te]c1nc(Br)c(CO)c2c1OC(C)(C)OC2. The van der Waals surface area contributed by atoms with Crippen LogP contribution < -0.4 is 8.48 Å². The predicted molar refractivity (Wildman–Crippen MR) is 82.5 cm³/mol. The van der Waals surface area contributed by atoms with Gasteiger partial charge < -0.3 is 0 Å². The molecule has 0 amide bonds. The Labute approximate surface area is 138 Å². The first-order valence-corrected chi connectivity index (χ1v) is 10.4. The van der Waals surface area contributed by atoms with Gasteiger partial charge in [-0.1, -0.05) is 0 Å². The first kappa shape index (κ1) is 16.5. The molecule has 0 spiro atoms. The summed E-state index contributed by atoms with van der Waals surface area (Å²) in [5, 5.41) is 9.54. The van der Waals surface area contributed by atoms with Crippen molar-refractivity contribution in [3.8, 4) is 5.75 Å². The first-order valence-electron chi connectivity index (χ1n) is 6.76. The predicted octanol–water partition coefficient (Wildman–Crippen LogP) is 2.53. The van der Waals surface area contributed by atoms with Crippen molar-refractivity contribution in [3.05, 3.63) is 15.7 Å². The molecule has 0 saturated heterocycles. The van der Waals surface area contributed by atoms with Gasteiger partial charge in [-0.3, -0.25) is 0 Å². The number of aromatic nitrogens is 1. The number of hydrogen-bond donors (Lipinski definition) is 1. The third-order valence-electron chi connectivity index (χ3n) is 3.09. The van der Waals surface area contributed by atoms with Crippen molar-refractivity contribution in [2.24, 2.45) is 0 Å². The molecule has 112 valence electrons. The van der Waals surface area contributed by atoms with Crippen LogP contribution in [0.1, 0.15) is 44.7 Å². The Hall–Kier alpha value is 0.140. The van der Waals surface area contributed by atoms with E-state index in [1.807, 2.05) is 13.8 Å². The van der Waals surface area contributed by atoms with Crippen LogP contribution in [0, 0.1) is 0 Å². The van der Waals surface area contributed by atoms with E-state index in [-0.39, 0.29) is 27.5 Å². The average Bonchev–Trinajstić information content (AvgIpc) is 2.39. The van der Waals surface area contributed by atoms with Crippen LogP contribution in [0.2, 0.25) is 4.47 Å². The van der Waals surface area contributed by atoms with Gasteiger partial charge in [-0.05, 0) is 0 Å². The second-order valence-corrected chi connectivity index (χ2v) is 8.99. The van der Waals surface area contributed by atoms with Gasteiger partial charge in [0.15, 0.2) is 0 Å². The van der Waals surface area contributed by atoms with E-state index in [9.17, 15) is 5.11 Å². The van der Waals surface area contributed by atoms with E-state index in [2.05, 4.69) is 27.8 Å². The summed E-state index contributed by atoms with van der Waals surface area (Å²) in [4.78, 5) is 4.63. The van der Waals surface area contributed by atoms with Crippen molar-refractivity contribution in [1.82, 2.24) is 4.98 Å². The van der Waals surface area contributed by atoms with Gasteiger partial charge >= 0.3 is 139 Å². The van der Waals surface area contributed by atoms with Crippen LogP contribution in [-0.2, 0) is 18.0 Å². The summed E-state index contributed by atoms with van der Waals surface area (Å²) < 4.78 is 14.7. The minimum absolute atomic E-state index is 0.0567. The van der Waals surface area contributed by atoms with Crippen LogP contribution in [0.4, 0.5) is 0 Å². The van der Waals surface area contributed by atoms with Crippen LogP contribution in [0.5, 0.6) is 5.75 Å². The molecule has 0 bridgehead atoms. The van der Waals surface area contributed by atoms with Crippen molar-refractivity contribution in [2.45, 2.75) is 57.1 Å². The number of aliphatic hydroxyl groups is 1. The van der Waals surface area contributed by atoms with Gasteiger partial charge in [0, 0.05) is 0 Å². The molecular formula is C14H20BrNO3Te. The normalized spacial score (nSPS) is 16.6. The fraction of sp³-hybridized carbons (Fsp3) is 0.643. The van der Waals surface area contributed by atoms with Gasteiger partial charge in [0.2, 0.25) is 0 Å². The number of unbranched alkanes of at least 4 members (excludes halogenated alkanes) is 1. The molecule has 0 atom stereocenters. The van der Waals surface area contributed by atoms with Crippen molar-refractivity contribution in [2.75, 3.05) is 0 Å². The summed E-state index contributed by atoms with van der Waals surface area (Å²) >= 11 is 3.09. The quantitative estimate of drug-likeness (QED) is 0.419. The first-order chi connectivity index (χ1) is 9.48. The molecule has 20 heavy (non-hydrogen) atoms. The van der Waals surface area contributed by atoms with Crippen molar-refractivity contribution in [1.29, 1.82) is 0 Å². The molecule has 6 heteroatoms. The zero-order valence-electron chi connectivity index (χ0n) is 12.0. The van der Waals surface area contributed by atoms with Crippen LogP contribution in [0.3, 0.4) is 0 Å². The standard InChI is InChI=1S/C14H20BrNO3Te/c1-4-5-6-20-13-11-10(8-18-14(2,3)19-11)9(7-17)12(15)16-13/h17H,4-8H2,1-3H3. The maximum atomic E-state index is 9.54. The van der Waals surface area contributed by atoms with Gasteiger partial charge in [0.1, 0.15) is 0 Å². The molecule has 0 aromatic carbocycles. The molecule has 0 unspecified atom stereocenters. The van der Waals surface area contributed by atoms with Gasteiger partial charge in [-0.25, -0.2) is 0 Å². The Kier molecular flexibility index (Phi) is 5.72. The molecule has 0 fully saturated rings. The molecule has 4 nitrogen and oxygen atoms in total. The summed E-state index contributed by atoms with van der Waals surface area (Å²) in [6, 6.07) is 0. The van der Waals surface area contributed by atoms with Gasteiger partial charge in [-0.15, -0.1) is 0 Å². The number of aliphatic hydroxyl groups excluding tert-OH is 1. The molecule has 0 saturated carbocycles. The topological polar surface area (TPSA) is 51.6 Å². The monoisotopic (exact) mass is 459 g/mol. The second kappa shape index (κ2) is 6.93. The summed E-state index contributed by atoms with van der Waals surface area (Å²) in [6.07, 6.45) is 2.44. The summed E-state index contributed by atoms with van der Waals surface area (Å²) in [6.45, 7) is 6.43. The molecule has 1 aliphatic heterocycles. The van der Waals surface area contributed by atoms with E-state index in [0.29, 0.717) is 6.61 Å². The number of pyridine rings is 1. The van der Waals surface area contributed by atoms with Gasteiger partial charge in [0.25, 0.3) is 0 Å². The summed E-state index contributed by atoms with van der Waals surface area (Å²) in [7, 11) is 0. The molecule has 0 radical (unpaired) electrons. The Balaban J connectivity index is 2.39. The third-order valence-corrected chi connectivity index (χ3v) is 6.72. The molecule has 1 N–H and O–H groups in total. The van der Waals surface area contributed by atoms with Crippen LogP contribution in [0.25, 0.3) is 0 Å².